The maximum atomic E-state index is 12.5. The highest BCUT2D eigenvalue weighted by molar-refractivity contribution is 5.74. The third kappa shape index (κ3) is 3.72. The van der Waals surface area contributed by atoms with Gasteiger partial charge in [0.1, 0.15) is 0 Å². The second kappa shape index (κ2) is 7.60. The Bertz CT molecular complexity index is 729. The van der Waals surface area contributed by atoms with Crippen molar-refractivity contribution in [3.05, 3.63) is 108 Å². The van der Waals surface area contributed by atoms with E-state index in [9.17, 15) is 4.79 Å². The lowest BCUT2D eigenvalue weighted by molar-refractivity contribution is -0.131. The molecule has 1 amide bonds. The van der Waals surface area contributed by atoms with Gasteiger partial charge in [-0.05, 0) is 16.7 Å². The van der Waals surface area contributed by atoms with Crippen LogP contribution in [0.2, 0.25) is 0 Å². The standard InChI is InChI=1S/C22H21NO/c1-18(24)23(17-19-11-5-2-6-12-19)22(20-13-7-3-8-14-20)21-15-9-4-10-16-21/h2-16,22H,17H2,1H3. The van der Waals surface area contributed by atoms with Gasteiger partial charge in [-0.25, -0.2) is 0 Å². The van der Waals surface area contributed by atoms with Crippen molar-refractivity contribution < 1.29 is 4.79 Å². The molecule has 0 aliphatic heterocycles. The molecule has 0 saturated heterocycles. The van der Waals surface area contributed by atoms with Gasteiger partial charge in [0.05, 0.1) is 6.04 Å². The Balaban J connectivity index is 2.03. The summed E-state index contributed by atoms with van der Waals surface area (Å²) >= 11 is 0. The highest BCUT2D eigenvalue weighted by atomic mass is 16.2. The first-order chi connectivity index (χ1) is 11.8. The van der Waals surface area contributed by atoms with Gasteiger partial charge in [-0.15, -0.1) is 0 Å². The van der Waals surface area contributed by atoms with Crippen LogP contribution in [-0.4, -0.2) is 10.8 Å². The molecule has 0 N–H and O–H groups in total. The van der Waals surface area contributed by atoms with Gasteiger partial charge in [-0.2, -0.15) is 0 Å². The second-order valence-electron chi connectivity index (χ2n) is 5.86. The smallest absolute Gasteiger partial charge is 0.220 e. The molecule has 120 valence electrons. The quantitative estimate of drug-likeness (QED) is 0.660. The van der Waals surface area contributed by atoms with E-state index in [-0.39, 0.29) is 11.9 Å². The summed E-state index contributed by atoms with van der Waals surface area (Å²) < 4.78 is 0. The van der Waals surface area contributed by atoms with Gasteiger partial charge >= 0.3 is 0 Å². The summed E-state index contributed by atoms with van der Waals surface area (Å²) in [5.41, 5.74) is 3.37. The Morgan fingerprint density at radius 3 is 1.58 bits per heavy atom. The van der Waals surface area contributed by atoms with Crippen molar-refractivity contribution in [1.29, 1.82) is 0 Å². The minimum absolute atomic E-state index is 0.0663. The molecule has 0 aromatic heterocycles. The molecule has 2 nitrogen and oxygen atoms in total. The van der Waals surface area contributed by atoms with Crippen LogP contribution in [0.3, 0.4) is 0 Å². The zero-order valence-corrected chi connectivity index (χ0v) is 13.8. The first-order valence-corrected chi connectivity index (χ1v) is 8.17. The average Bonchev–Trinajstić information content (AvgIpc) is 2.64. The van der Waals surface area contributed by atoms with E-state index in [0.29, 0.717) is 6.54 Å². The fraction of sp³-hybridized carbons (Fsp3) is 0.136. The predicted octanol–water partition coefficient (Wildman–Crippen LogP) is 4.82. The van der Waals surface area contributed by atoms with Crippen molar-refractivity contribution >= 4 is 5.91 Å². The van der Waals surface area contributed by atoms with E-state index < -0.39 is 0 Å². The van der Waals surface area contributed by atoms with E-state index in [2.05, 4.69) is 36.4 Å². The van der Waals surface area contributed by atoms with E-state index in [1.165, 1.54) is 0 Å². The summed E-state index contributed by atoms with van der Waals surface area (Å²) in [4.78, 5) is 14.4. The van der Waals surface area contributed by atoms with Gasteiger partial charge in [0.2, 0.25) is 5.91 Å². The number of rotatable bonds is 5. The number of hydrogen-bond donors (Lipinski definition) is 0. The van der Waals surface area contributed by atoms with Crippen LogP contribution < -0.4 is 0 Å². The minimum atomic E-state index is -0.0925. The summed E-state index contributed by atoms with van der Waals surface area (Å²) in [6.45, 7) is 2.23. The van der Waals surface area contributed by atoms with Crippen LogP contribution in [0.25, 0.3) is 0 Å². The zero-order chi connectivity index (χ0) is 16.8. The maximum absolute atomic E-state index is 12.5. The van der Waals surface area contributed by atoms with Gasteiger partial charge in [-0.1, -0.05) is 91.0 Å². The Morgan fingerprint density at radius 1 is 0.750 bits per heavy atom. The molecule has 0 spiro atoms. The number of nitrogens with zero attached hydrogens (tertiary/aromatic N) is 1. The second-order valence-corrected chi connectivity index (χ2v) is 5.86. The van der Waals surface area contributed by atoms with Crippen LogP contribution in [0.5, 0.6) is 0 Å². The van der Waals surface area contributed by atoms with Crippen LogP contribution in [0, 0.1) is 0 Å². The molecule has 0 aliphatic rings. The van der Waals surface area contributed by atoms with Crippen LogP contribution in [-0.2, 0) is 11.3 Å². The van der Waals surface area contributed by atoms with Crippen LogP contribution in [0.15, 0.2) is 91.0 Å². The molecule has 0 bridgehead atoms. The number of benzene rings is 3. The summed E-state index contributed by atoms with van der Waals surface area (Å²) in [5, 5.41) is 0. The molecule has 2 heteroatoms. The topological polar surface area (TPSA) is 20.3 Å². The first-order valence-electron chi connectivity index (χ1n) is 8.17. The summed E-state index contributed by atoms with van der Waals surface area (Å²) in [6.07, 6.45) is 0. The lowest BCUT2D eigenvalue weighted by atomic mass is 9.96. The SMILES string of the molecule is CC(=O)N(Cc1ccccc1)C(c1ccccc1)c1ccccc1. The van der Waals surface area contributed by atoms with E-state index in [1.54, 1.807) is 6.92 Å². The number of amides is 1. The number of carbonyl (C=O) groups excluding carboxylic acids is 1. The van der Waals surface area contributed by atoms with Crippen LogP contribution in [0.4, 0.5) is 0 Å². The maximum Gasteiger partial charge on any atom is 0.220 e. The van der Waals surface area contributed by atoms with E-state index in [4.69, 9.17) is 0 Å². The molecular formula is C22H21NO. The molecule has 3 rings (SSSR count). The van der Waals surface area contributed by atoms with Gasteiger partial charge in [-0.3, -0.25) is 4.79 Å². The first kappa shape index (κ1) is 16.0. The fourth-order valence-electron chi connectivity index (χ4n) is 2.99. The minimum Gasteiger partial charge on any atom is -0.327 e. The van der Waals surface area contributed by atoms with Gasteiger partial charge in [0.25, 0.3) is 0 Å². The van der Waals surface area contributed by atoms with Crippen molar-refractivity contribution in [1.82, 2.24) is 4.90 Å². The Labute approximate surface area is 143 Å². The third-order valence-corrected chi connectivity index (χ3v) is 4.14. The summed E-state index contributed by atoms with van der Waals surface area (Å²) in [7, 11) is 0. The summed E-state index contributed by atoms with van der Waals surface area (Å²) in [6, 6.07) is 30.4. The van der Waals surface area contributed by atoms with Crippen molar-refractivity contribution in [3.63, 3.8) is 0 Å². The monoisotopic (exact) mass is 315 g/mol. The zero-order valence-electron chi connectivity index (χ0n) is 13.8. The molecule has 0 radical (unpaired) electrons. The molecule has 0 saturated carbocycles. The highest BCUT2D eigenvalue weighted by Crippen LogP contribution is 2.30. The average molecular weight is 315 g/mol. The molecule has 0 fully saturated rings. The largest absolute Gasteiger partial charge is 0.327 e. The number of carbonyl (C=O) groups is 1. The molecule has 0 atom stereocenters. The van der Waals surface area contributed by atoms with Crippen molar-refractivity contribution in [2.75, 3.05) is 0 Å². The molecule has 24 heavy (non-hydrogen) atoms. The van der Waals surface area contributed by atoms with E-state index in [1.807, 2.05) is 59.5 Å². The predicted molar refractivity (Wildman–Crippen MR) is 97.4 cm³/mol. The Hall–Kier alpha value is -2.87. The van der Waals surface area contributed by atoms with Crippen molar-refractivity contribution in [3.8, 4) is 0 Å². The lowest BCUT2D eigenvalue weighted by Crippen LogP contribution is -2.33. The van der Waals surface area contributed by atoms with Crippen molar-refractivity contribution in [2.24, 2.45) is 0 Å². The van der Waals surface area contributed by atoms with E-state index in [0.717, 1.165) is 16.7 Å². The van der Waals surface area contributed by atoms with E-state index >= 15 is 0 Å². The molecule has 0 heterocycles. The molecule has 3 aromatic carbocycles. The highest BCUT2D eigenvalue weighted by Gasteiger charge is 2.24. The molecule has 0 unspecified atom stereocenters. The molecule has 0 aliphatic carbocycles. The fourth-order valence-corrected chi connectivity index (χ4v) is 2.99. The lowest BCUT2D eigenvalue weighted by Gasteiger charge is -2.32. The normalized spacial score (nSPS) is 10.6. The third-order valence-electron chi connectivity index (χ3n) is 4.14. The van der Waals surface area contributed by atoms with Gasteiger partial charge in [0, 0.05) is 13.5 Å². The van der Waals surface area contributed by atoms with Gasteiger partial charge < -0.3 is 4.90 Å². The molecular weight excluding hydrogens is 294 g/mol. The van der Waals surface area contributed by atoms with Crippen LogP contribution in [0.1, 0.15) is 29.7 Å². The molecule has 3 aromatic rings. The summed E-state index contributed by atoms with van der Waals surface area (Å²) in [5.74, 6) is 0.0663. The van der Waals surface area contributed by atoms with Crippen LogP contribution >= 0.6 is 0 Å². The number of hydrogen-bond acceptors (Lipinski definition) is 1. The Kier molecular flexibility index (Phi) is 5.07. The van der Waals surface area contributed by atoms with Gasteiger partial charge in [0.15, 0.2) is 0 Å². The Morgan fingerprint density at radius 2 is 1.17 bits per heavy atom. The van der Waals surface area contributed by atoms with Crippen molar-refractivity contribution in [2.45, 2.75) is 19.5 Å².